The number of benzene rings is 2. The second-order valence-corrected chi connectivity index (χ2v) is 9.08. The lowest BCUT2D eigenvalue weighted by Crippen LogP contribution is -2.34. The Morgan fingerprint density at radius 3 is 2.59 bits per heavy atom. The van der Waals surface area contributed by atoms with Crippen LogP contribution in [0.4, 0.5) is 11.4 Å². The summed E-state index contributed by atoms with van der Waals surface area (Å²) < 4.78 is 25.5. The van der Waals surface area contributed by atoms with E-state index in [4.69, 9.17) is 0 Å². The lowest BCUT2D eigenvalue weighted by molar-refractivity contribution is -0.116. The van der Waals surface area contributed by atoms with Crippen molar-refractivity contribution in [1.82, 2.24) is 0 Å². The first-order valence-electron chi connectivity index (χ1n) is 9.29. The molecule has 0 radical (unpaired) electrons. The molecule has 1 aliphatic heterocycles. The maximum Gasteiger partial charge on any atom is 0.232 e. The van der Waals surface area contributed by atoms with Crippen molar-refractivity contribution in [3.8, 4) is 0 Å². The fourth-order valence-electron chi connectivity index (χ4n) is 3.39. The molecule has 0 aromatic heterocycles. The molecular formula is C21H26N2O3S. The highest BCUT2D eigenvalue weighted by Crippen LogP contribution is 2.31. The van der Waals surface area contributed by atoms with Crippen molar-refractivity contribution >= 4 is 27.3 Å². The van der Waals surface area contributed by atoms with Gasteiger partial charge in [-0.05, 0) is 55.9 Å². The Hall–Kier alpha value is -2.34. The number of aryl methyl sites for hydroxylation is 3. The summed E-state index contributed by atoms with van der Waals surface area (Å²) in [5.41, 5.74) is 4.79. The first-order chi connectivity index (χ1) is 12.8. The molecule has 5 nitrogen and oxygen atoms in total. The smallest absolute Gasteiger partial charge is 0.232 e. The number of sulfonamides is 1. The van der Waals surface area contributed by atoms with Gasteiger partial charge in [0.25, 0.3) is 0 Å². The van der Waals surface area contributed by atoms with Crippen molar-refractivity contribution in [2.45, 2.75) is 39.0 Å². The molecule has 2 aromatic carbocycles. The van der Waals surface area contributed by atoms with E-state index in [9.17, 15) is 13.2 Å². The summed E-state index contributed by atoms with van der Waals surface area (Å²) in [6, 6.07) is 13.9. The Bertz CT molecular complexity index is 921. The Morgan fingerprint density at radius 1 is 1.15 bits per heavy atom. The maximum absolute atomic E-state index is 12.3. The third-order valence-electron chi connectivity index (χ3n) is 4.84. The summed E-state index contributed by atoms with van der Waals surface area (Å²) in [6.07, 6.45) is 4.95. The summed E-state index contributed by atoms with van der Waals surface area (Å²) in [7, 11) is -3.31. The Balaban J connectivity index is 1.60. The van der Waals surface area contributed by atoms with Crippen LogP contribution in [0, 0.1) is 6.92 Å². The van der Waals surface area contributed by atoms with E-state index in [2.05, 4.69) is 36.5 Å². The van der Waals surface area contributed by atoms with Crippen LogP contribution in [0.5, 0.6) is 0 Å². The number of carbonyl (C=O) groups is 1. The molecular weight excluding hydrogens is 360 g/mol. The Morgan fingerprint density at radius 2 is 1.89 bits per heavy atom. The number of anilines is 2. The monoisotopic (exact) mass is 386 g/mol. The molecule has 0 fully saturated rings. The van der Waals surface area contributed by atoms with E-state index in [0.29, 0.717) is 24.3 Å². The quantitative estimate of drug-likeness (QED) is 0.824. The van der Waals surface area contributed by atoms with Crippen molar-refractivity contribution in [1.29, 1.82) is 0 Å². The predicted octanol–water partition coefficient (Wildman–Crippen LogP) is 3.67. The summed E-state index contributed by atoms with van der Waals surface area (Å²) in [6.45, 7) is 2.54. The molecule has 0 aliphatic carbocycles. The minimum atomic E-state index is -3.31. The molecule has 1 heterocycles. The summed E-state index contributed by atoms with van der Waals surface area (Å²) in [4.78, 5) is 12.3. The third kappa shape index (κ3) is 5.10. The number of hydrogen-bond acceptors (Lipinski definition) is 3. The van der Waals surface area contributed by atoms with Gasteiger partial charge >= 0.3 is 0 Å². The van der Waals surface area contributed by atoms with Crippen molar-refractivity contribution in [3.63, 3.8) is 0 Å². The van der Waals surface area contributed by atoms with Gasteiger partial charge in [-0.25, -0.2) is 8.42 Å². The topological polar surface area (TPSA) is 66.5 Å². The minimum absolute atomic E-state index is 0.0521. The van der Waals surface area contributed by atoms with Crippen LogP contribution in [-0.2, 0) is 27.7 Å². The number of fused-ring (bicyclic) bond motifs is 1. The first-order valence-corrected chi connectivity index (χ1v) is 11.1. The van der Waals surface area contributed by atoms with Crippen molar-refractivity contribution in [3.05, 3.63) is 59.2 Å². The zero-order chi connectivity index (χ0) is 19.4. The highest BCUT2D eigenvalue weighted by molar-refractivity contribution is 7.92. The number of carbonyl (C=O) groups excluding carboxylic acids is 1. The van der Waals surface area contributed by atoms with Gasteiger partial charge < -0.3 is 5.32 Å². The maximum atomic E-state index is 12.3. The zero-order valence-electron chi connectivity index (χ0n) is 15.9. The number of nitrogens with zero attached hydrogens (tertiary/aromatic N) is 1. The van der Waals surface area contributed by atoms with E-state index in [1.165, 1.54) is 21.7 Å². The molecule has 1 aliphatic rings. The summed E-state index contributed by atoms with van der Waals surface area (Å²) >= 11 is 0. The lowest BCUT2D eigenvalue weighted by atomic mass is 10.0. The molecule has 1 amide bonds. The van der Waals surface area contributed by atoms with Crippen LogP contribution in [-0.4, -0.2) is 27.1 Å². The number of amides is 1. The predicted molar refractivity (Wildman–Crippen MR) is 110 cm³/mol. The highest BCUT2D eigenvalue weighted by Gasteiger charge is 2.24. The third-order valence-corrected chi connectivity index (χ3v) is 6.02. The molecule has 0 saturated carbocycles. The van der Waals surface area contributed by atoms with Crippen LogP contribution in [0.15, 0.2) is 42.5 Å². The number of rotatable bonds is 6. The molecule has 0 atom stereocenters. The van der Waals surface area contributed by atoms with Crippen LogP contribution in [0.2, 0.25) is 0 Å². The number of nitrogens with one attached hydrogen (secondary N) is 1. The van der Waals surface area contributed by atoms with E-state index >= 15 is 0 Å². The first kappa shape index (κ1) is 19.4. The summed E-state index contributed by atoms with van der Waals surface area (Å²) in [5.74, 6) is -0.0521. The average molecular weight is 387 g/mol. The van der Waals surface area contributed by atoms with Crippen LogP contribution in [0.3, 0.4) is 0 Å². The van der Waals surface area contributed by atoms with Crippen LogP contribution >= 0.6 is 0 Å². The molecule has 27 heavy (non-hydrogen) atoms. The second kappa shape index (κ2) is 8.13. The standard InChI is InChI=1S/C21H26N2O3S/c1-16-8-10-17(11-9-16)5-3-7-21(24)22-19-13-12-18-6-4-14-23(20(18)15-19)27(2,25)26/h8-13,15H,3-7,14H2,1-2H3,(H,22,24). The van der Waals surface area contributed by atoms with Crippen LogP contribution in [0.25, 0.3) is 0 Å². The Kier molecular flexibility index (Phi) is 5.85. The van der Waals surface area contributed by atoms with Gasteiger partial charge in [0.2, 0.25) is 15.9 Å². The van der Waals surface area contributed by atoms with Crippen LogP contribution in [0.1, 0.15) is 36.0 Å². The van der Waals surface area contributed by atoms with E-state index < -0.39 is 10.0 Å². The molecule has 0 saturated heterocycles. The van der Waals surface area contributed by atoms with Gasteiger partial charge in [-0.3, -0.25) is 9.10 Å². The molecule has 0 unspecified atom stereocenters. The van der Waals surface area contributed by atoms with Gasteiger partial charge in [0.1, 0.15) is 0 Å². The summed E-state index contributed by atoms with van der Waals surface area (Å²) in [5, 5.41) is 2.90. The Labute approximate surface area is 161 Å². The van der Waals surface area contributed by atoms with Gasteiger partial charge in [-0.1, -0.05) is 35.9 Å². The van der Waals surface area contributed by atoms with Crippen molar-refractivity contribution < 1.29 is 13.2 Å². The molecule has 6 heteroatoms. The van der Waals surface area contributed by atoms with Gasteiger partial charge in [0, 0.05) is 18.7 Å². The van der Waals surface area contributed by atoms with E-state index in [-0.39, 0.29) is 5.91 Å². The molecule has 144 valence electrons. The van der Waals surface area contributed by atoms with Gasteiger partial charge in [0.05, 0.1) is 11.9 Å². The van der Waals surface area contributed by atoms with Gasteiger partial charge in [-0.15, -0.1) is 0 Å². The van der Waals surface area contributed by atoms with Crippen molar-refractivity contribution in [2.24, 2.45) is 0 Å². The fourth-order valence-corrected chi connectivity index (χ4v) is 4.38. The molecule has 1 N–H and O–H groups in total. The molecule has 0 bridgehead atoms. The SMILES string of the molecule is Cc1ccc(CCCC(=O)Nc2ccc3c(c2)N(S(C)(=O)=O)CCC3)cc1. The van der Waals surface area contributed by atoms with Gasteiger partial charge in [-0.2, -0.15) is 0 Å². The van der Waals surface area contributed by atoms with E-state index in [1.807, 2.05) is 12.1 Å². The van der Waals surface area contributed by atoms with E-state index in [0.717, 1.165) is 31.2 Å². The highest BCUT2D eigenvalue weighted by atomic mass is 32.2. The molecule has 3 rings (SSSR count). The molecule has 2 aromatic rings. The largest absolute Gasteiger partial charge is 0.326 e. The average Bonchev–Trinajstić information content (AvgIpc) is 2.62. The van der Waals surface area contributed by atoms with Crippen LogP contribution < -0.4 is 9.62 Å². The van der Waals surface area contributed by atoms with E-state index in [1.54, 1.807) is 6.07 Å². The lowest BCUT2D eigenvalue weighted by Gasteiger charge is -2.29. The van der Waals surface area contributed by atoms with Gasteiger partial charge in [0.15, 0.2) is 0 Å². The van der Waals surface area contributed by atoms with Crippen molar-refractivity contribution in [2.75, 3.05) is 22.4 Å². The number of hydrogen-bond donors (Lipinski definition) is 1. The molecule has 0 spiro atoms. The normalized spacial score (nSPS) is 13.9. The zero-order valence-corrected chi connectivity index (χ0v) is 16.7. The fraction of sp³-hybridized carbons (Fsp3) is 0.381. The minimum Gasteiger partial charge on any atom is -0.326 e. The second-order valence-electron chi connectivity index (χ2n) is 7.17.